The maximum Gasteiger partial charge on any atom is 0.223 e. The maximum atomic E-state index is 12.8. The van der Waals surface area contributed by atoms with Gasteiger partial charge in [-0.3, -0.25) is 4.79 Å². The fourth-order valence-corrected chi connectivity index (χ4v) is 6.26. The SMILES string of the molecule is CCOc1ccc(CCCNC(=O)C2CCN(S(=O)(=O)Cc3ccc(Cl)cc3Cl)CC2)cc1OC. The minimum absolute atomic E-state index is 0.0212. The number of aryl methyl sites for hydroxylation is 1. The highest BCUT2D eigenvalue weighted by Gasteiger charge is 2.31. The van der Waals surface area contributed by atoms with Gasteiger partial charge in [-0.25, -0.2) is 12.7 Å². The molecule has 2 aromatic carbocycles. The van der Waals surface area contributed by atoms with Crippen LogP contribution in [0.3, 0.4) is 0 Å². The standard InChI is InChI=1S/C25H32Cl2N2O5S/c1-3-34-23-9-6-18(15-24(23)33-2)5-4-12-28-25(30)19-10-13-29(14-11-19)35(31,32)17-20-7-8-21(26)16-22(20)27/h6-9,15-16,19H,3-5,10-14,17H2,1-2H3,(H,28,30). The highest BCUT2D eigenvalue weighted by molar-refractivity contribution is 7.88. The van der Waals surface area contributed by atoms with Crippen LogP contribution in [0.25, 0.3) is 0 Å². The summed E-state index contributed by atoms with van der Waals surface area (Å²) in [7, 11) is -1.91. The van der Waals surface area contributed by atoms with E-state index in [2.05, 4.69) is 5.32 Å². The van der Waals surface area contributed by atoms with Gasteiger partial charge in [0, 0.05) is 35.6 Å². The first-order chi connectivity index (χ1) is 16.7. The van der Waals surface area contributed by atoms with E-state index in [-0.39, 0.29) is 17.6 Å². The molecule has 7 nitrogen and oxygen atoms in total. The summed E-state index contributed by atoms with van der Waals surface area (Å²) in [4.78, 5) is 12.6. The molecule has 1 saturated heterocycles. The number of nitrogens with zero attached hydrogens (tertiary/aromatic N) is 1. The Bertz CT molecular complexity index is 1120. The number of piperidine rings is 1. The largest absolute Gasteiger partial charge is 0.493 e. The number of carbonyl (C=O) groups is 1. The molecular formula is C25H32Cl2N2O5S. The lowest BCUT2D eigenvalue weighted by Gasteiger charge is -2.30. The third-order valence-electron chi connectivity index (χ3n) is 6.04. The third-order valence-corrected chi connectivity index (χ3v) is 8.46. The quantitative estimate of drug-likeness (QED) is 0.416. The molecule has 1 heterocycles. The minimum Gasteiger partial charge on any atom is -0.493 e. The molecule has 1 aliphatic rings. The number of benzene rings is 2. The average molecular weight is 544 g/mol. The Kier molecular flexibility index (Phi) is 10.1. The average Bonchev–Trinajstić information content (AvgIpc) is 2.84. The second-order valence-corrected chi connectivity index (χ2v) is 11.3. The third kappa shape index (κ3) is 7.74. The van der Waals surface area contributed by atoms with Gasteiger partial charge in [-0.05, 0) is 68.0 Å². The van der Waals surface area contributed by atoms with Gasteiger partial charge in [0.05, 0.1) is 19.5 Å². The van der Waals surface area contributed by atoms with E-state index in [1.807, 2.05) is 25.1 Å². The van der Waals surface area contributed by atoms with E-state index in [0.717, 1.165) is 24.2 Å². The monoisotopic (exact) mass is 542 g/mol. The highest BCUT2D eigenvalue weighted by Crippen LogP contribution is 2.29. The second-order valence-electron chi connectivity index (χ2n) is 8.48. The molecule has 1 amide bonds. The zero-order chi connectivity index (χ0) is 25.4. The lowest BCUT2D eigenvalue weighted by atomic mass is 9.97. The van der Waals surface area contributed by atoms with E-state index in [1.165, 1.54) is 10.4 Å². The van der Waals surface area contributed by atoms with E-state index in [1.54, 1.807) is 19.2 Å². The first-order valence-corrected chi connectivity index (χ1v) is 14.1. The van der Waals surface area contributed by atoms with Gasteiger partial charge in [-0.2, -0.15) is 0 Å². The molecule has 1 fully saturated rings. The van der Waals surface area contributed by atoms with Gasteiger partial charge in [-0.15, -0.1) is 0 Å². The summed E-state index contributed by atoms with van der Waals surface area (Å²) in [6.45, 7) is 3.69. The second kappa shape index (κ2) is 12.8. The van der Waals surface area contributed by atoms with Crippen molar-refractivity contribution in [3.8, 4) is 11.5 Å². The van der Waals surface area contributed by atoms with Crippen LogP contribution < -0.4 is 14.8 Å². The van der Waals surface area contributed by atoms with E-state index in [4.69, 9.17) is 32.7 Å². The smallest absolute Gasteiger partial charge is 0.223 e. The number of hydrogen-bond acceptors (Lipinski definition) is 5. The zero-order valence-electron chi connectivity index (χ0n) is 20.1. The number of methoxy groups -OCH3 is 1. The van der Waals surface area contributed by atoms with Crippen molar-refractivity contribution in [3.63, 3.8) is 0 Å². The van der Waals surface area contributed by atoms with Crippen molar-refractivity contribution in [2.75, 3.05) is 33.4 Å². The Morgan fingerprint density at radius 3 is 2.51 bits per heavy atom. The maximum absolute atomic E-state index is 12.8. The number of nitrogens with one attached hydrogen (secondary N) is 1. The van der Waals surface area contributed by atoms with Gasteiger partial charge in [-0.1, -0.05) is 35.3 Å². The van der Waals surface area contributed by atoms with Crippen LogP contribution in [0.5, 0.6) is 11.5 Å². The molecule has 0 atom stereocenters. The van der Waals surface area contributed by atoms with Crippen molar-refractivity contribution in [1.29, 1.82) is 0 Å². The number of rotatable bonds is 11. The van der Waals surface area contributed by atoms with Gasteiger partial charge in [0.25, 0.3) is 0 Å². The van der Waals surface area contributed by atoms with Gasteiger partial charge in [0.15, 0.2) is 11.5 Å². The molecule has 2 aromatic rings. The van der Waals surface area contributed by atoms with Crippen molar-refractivity contribution in [1.82, 2.24) is 9.62 Å². The lowest BCUT2D eigenvalue weighted by molar-refractivity contribution is -0.126. The van der Waals surface area contributed by atoms with Crippen molar-refractivity contribution in [3.05, 3.63) is 57.6 Å². The molecule has 0 aliphatic carbocycles. The van der Waals surface area contributed by atoms with Crippen LogP contribution >= 0.6 is 23.2 Å². The van der Waals surface area contributed by atoms with Gasteiger partial charge in [0.2, 0.25) is 15.9 Å². The Morgan fingerprint density at radius 2 is 1.86 bits per heavy atom. The van der Waals surface area contributed by atoms with E-state index < -0.39 is 10.0 Å². The van der Waals surface area contributed by atoms with Crippen molar-refractivity contribution < 1.29 is 22.7 Å². The van der Waals surface area contributed by atoms with Crippen LogP contribution in [0.4, 0.5) is 0 Å². The fourth-order valence-electron chi connectivity index (χ4n) is 4.11. The Balaban J connectivity index is 1.42. The molecule has 0 bridgehead atoms. The molecule has 1 N–H and O–H groups in total. The molecule has 3 rings (SSSR count). The van der Waals surface area contributed by atoms with E-state index in [0.29, 0.717) is 60.4 Å². The fraction of sp³-hybridized carbons (Fsp3) is 0.480. The summed E-state index contributed by atoms with van der Waals surface area (Å²) in [5.41, 5.74) is 1.62. The first-order valence-electron chi connectivity index (χ1n) is 11.7. The highest BCUT2D eigenvalue weighted by atomic mass is 35.5. The molecule has 1 aliphatic heterocycles. The topological polar surface area (TPSA) is 84.9 Å². The van der Waals surface area contributed by atoms with Crippen LogP contribution in [0.15, 0.2) is 36.4 Å². The first kappa shape index (κ1) is 27.6. The molecule has 10 heteroatoms. The van der Waals surface area contributed by atoms with E-state index >= 15 is 0 Å². The number of ether oxygens (including phenoxy) is 2. The number of amides is 1. The summed E-state index contributed by atoms with van der Waals surface area (Å²) >= 11 is 12.0. The Morgan fingerprint density at radius 1 is 1.11 bits per heavy atom. The molecule has 192 valence electrons. The summed E-state index contributed by atoms with van der Waals surface area (Å²) in [6.07, 6.45) is 2.58. The number of hydrogen-bond donors (Lipinski definition) is 1. The number of sulfonamides is 1. The molecule has 0 spiro atoms. The molecule has 0 aromatic heterocycles. The minimum atomic E-state index is -3.53. The Hall–Kier alpha value is -2.00. The van der Waals surface area contributed by atoms with Gasteiger partial charge >= 0.3 is 0 Å². The molecule has 0 saturated carbocycles. The summed E-state index contributed by atoms with van der Waals surface area (Å²) in [5.74, 6) is 1.03. The summed E-state index contributed by atoms with van der Waals surface area (Å²) < 4.78 is 38.0. The molecule has 35 heavy (non-hydrogen) atoms. The van der Waals surface area contributed by atoms with Crippen LogP contribution in [0.1, 0.15) is 37.3 Å². The molecule has 0 radical (unpaired) electrons. The van der Waals surface area contributed by atoms with E-state index in [9.17, 15) is 13.2 Å². The van der Waals surface area contributed by atoms with Crippen molar-refractivity contribution in [2.24, 2.45) is 5.92 Å². The predicted molar refractivity (Wildman–Crippen MR) is 139 cm³/mol. The van der Waals surface area contributed by atoms with Crippen LogP contribution in [0.2, 0.25) is 10.0 Å². The number of halogens is 2. The van der Waals surface area contributed by atoms with Gasteiger partial charge in [0.1, 0.15) is 0 Å². The van der Waals surface area contributed by atoms with Crippen LogP contribution in [-0.2, 0) is 27.0 Å². The summed E-state index contributed by atoms with van der Waals surface area (Å²) in [6, 6.07) is 10.7. The predicted octanol–water partition coefficient (Wildman–Crippen LogP) is 4.69. The van der Waals surface area contributed by atoms with Gasteiger partial charge < -0.3 is 14.8 Å². The molecular weight excluding hydrogens is 511 g/mol. The lowest BCUT2D eigenvalue weighted by Crippen LogP contribution is -2.43. The zero-order valence-corrected chi connectivity index (χ0v) is 22.4. The normalized spacial score (nSPS) is 15.1. The summed E-state index contributed by atoms with van der Waals surface area (Å²) in [5, 5.41) is 3.79. The molecule has 0 unspecified atom stereocenters. The Labute approximate surface area is 217 Å². The van der Waals surface area contributed by atoms with Crippen LogP contribution in [0, 0.1) is 5.92 Å². The number of carbonyl (C=O) groups excluding carboxylic acids is 1. The van der Waals surface area contributed by atoms with Crippen molar-refractivity contribution >= 4 is 39.1 Å². The van der Waals surface area contributed by atoms with Crippen molar-refractivity contribution in [2.45, 2.75) is 38.4 Å². The van der Waals surface area contributed by atoms with Crippen LogP contribution in [-0.4, -0.2) is 52.0 Å².